The Bertz CT molecular complexity index is 2740. The van der Waals surface area contributed by atoms with Crippen LogP contribution in [0.2, 0.25) is 15.1 Å². The number of amides is 4. The lowest BCUT2D eigenvalue weighted by atomic mass is 9.49. The Balaban J connectivity index is 1.33. The van der Waals surface area contributed by atoms with Crippen LogP contribution in [0.3, 0.4) is 0 Å². The number of benzene rings is 3. The third-order valence-electron chi connectivity index (χ3n) is 12.3. The van der Waals surface area contributed by atoms with E-state index in [1.807, 2.05) is 0 Å². The molecule has 17 nitrogen and oxygen atoms in total. The summed E-state index contributed by atoms with van der Waals surface area (Å²) < 4.78 is 46.2. The van der Waals surface area contributed by atoms with Gasteiger partial charge in [0.1, 0.15) is 0 Å². The number of halogens is 6. The van der Waals surface area contributed by atoms with Crippen LogP contribution in [-0.4, -0.2) is 69.8 Å². The number of nitrogens with one attached hydrogen (secondary N) is 1. The number of ether oxygens (including phenoxy) is 1. The number of fused-ring (bicyclic) bond motifs is 4. The molecule has 1 aromatic heterocycles. The predicted octanol–water partition coefficient (Wildman–Crippen LogP) is 7.85. The Hall–Kier alpha value is -6.51. The molecule has 4 aliphatic rings. The number of anilines is 3. The summed E-state index contributed by atoms with van der Waals surface area (Å²) in [5, 5.41) is 35.4. The second-order valence-electron chi connectivity index (χ2n) is 15.7. The lowest BCUT2D eigenvalue weighted by Crippen LogP contribution is -2.53. The fraction of sp³-hybridized carbons (Fsp3) is 0.293. The number of nitrogens with zero attached hydrogens (tertiary/aromatic N) is 6. The van der Waals surface area contributed by atoms with Crippen LogP contribution in [0.25, 0.3) is 0 Å². The maximum Gasteiger partial charge on any atom is 0.417 e. The molecule has 332 valence electrons. The first-order valence-corrected chi connectivity index (χ1v) is 20.2. The summed E-state index contributed by atoms with van der Waals surface area (Å²) in [6, 6.07) is 11.0. The molecule has 1 saturated carbocycles. The van der Waals surface area contributed by atoms with Gasteiger partial charge in [0.05, 0.1) is 61.4 Å². The lowest BCUT2D eigenvalue weighted by Gasteiger charge is -2.50. The number of nitro groups is 2. The number of nitro benzene ring substituents is 2. The normalized spacial score (nSPS) is 24.0. The highest BCUT2D eigenvalue weighted by Gasteiger charge is 2.70. The number of allylic oxidation sites excluding steroid dienone is 2. The van der Waals surface area contributed by atoms with Crippen molar-refractivity contribution < 1.29 is 52.0 Å². The van der Waals surface area contributed by atoms with Gasteiger partial charge in [-0.15, -0.1) is 0 Å². The summed E-state index contributed by atoms with van der Waals surface area (Å²) in [5.74, 6) is -10.9. The van der Waals surface area contributed by atoms with E-state index < -0.39 is 114 Å². The van der Waals surface area contributed by atoms with Crippen molar-refractivity contribution in [3.05, 3.63) is 124 Å². The molecular formula is C41H31Cl3F3N7O10. The summed E-state index contributed by atoms with van der Waals surface area (Å²) in [5.41, 5.74) is -2.20. The number of methoxy groups -OCH3 is 1. The van der Waals surface area contributed by atoms with E-state index in [1.165, 1.54) is 57.6 Å². The van der Waals surface area contributed by atoms with E-state index in [0.717, 1.165) is 17.0 Å². The number of carbonyl (C=O) groups is 4. The summed E-state index contributed by atoms with van der Waals surface area (Å²) in [4.78, 5) is 88.1. The molecule has 4 amide bonds. The molecule has 23 heteroatoms. The molecule has 3 fully saturated rings. The third kappa shape index (κ3) is 6.64. The quantitative estimate of drug-likeness (QED) is 0.0708. The van der Waals surface area contributed by atoms with Crippen molar-refractivity contribution in [1.82, 2.24) is 9.99 Å². The number of hydrogen-bond donors (Lipinski definition) is 2. The number of hydrogen-bond acceptors (Lipinski definition) is 13. The standard InChI is InChI=1S/C41H31Cl3F3N7O10/c1-50(2)33-28(53(60)61)13-21(14-29(33)54(62)63)51-36(56)23-9-8-22-24(31(23)38(51)58)15-25-37(57)52(49-35-27(44)12-19(16-48-35)41(45,46)47)39(59)40(25,18-4-6-20(42)7-5-18)32(22)17-10-26(43)34(55)30(11-17)64-3/h4-8,10-14,16,23-25,31-32,55H,9,15H2,1-3H3,(H,48,49). The summed E-state index contributed by atoms with van der Waals surface area (Å²) in [7, 11) is 3.95. The van der Waals surface area contributed by atoms with E-state index in [2.05, 4.69) is 10.4 Å². The number of hydrazine groups is 1. The first-order valence-electron chi connectivity index (χ1n) is 19.0. The molecule has 8 rings (SSSR count). The first kappa shape index (κ1) is 44.1. The number of aromatic nitrogens is 1. The third-order valence-corrected chi connectivity index (χ3v) is 13.1. The van der Waals surface area contributed by atoms with E-state index in [1.54, 1.807) is 6.08 Å². The van der Waals surface area contributed by atoms with Crippen molar-refractivity contribution in [3.8, 4) is 11.5 Å². The zero-order valence-corrected chi connectivity index (χ0v) is 35.5. The SMILES string of the molecule is COc1cc(C2C3=CCC4C(=O)N(c5cc([N+](=O)[O-])c(N(C)C)c([N+](=O)[O-])c5)C(=O)C4C3CC3C(=O)N(Nc4ncc(C(F)(F)F)cc4Cl)C(=O)C32c2ccc(Cl)cc2)cc(Cl)c1O. The van der Waals surface area contributed by atoms with Crippen LogP contribution < -0.4 is 20.0 Å². The monoisotopic (exact) mass is 943 g/mol. The van der Waals surface area contributed by atoms with Crippen LogP contribution in [0, 0.1) is 43.9 Å². The van der Waals surface area contributed by atoms with Gasteiger partial charge in [-0.1, -0.05) is 58.6 Å². The molecule has 2 N–H and O–H groups in total. The van der Waals surface area contributed by atoms with Crippen molar-refractivity contribution in [2.75, 3.05) is 36.4 Å². The number of carbonyl (C=O) groups excluding carboxylic acids is 4. The van der Waals surface area contributed by atoms with E-state index in [4.69, 9.17) is 39.5 Å². The zero-order valence-electron chi connectivity index (χ0n) is 33.2. The highest BCUT2D eigenvalue weighted by molar-refractivity contribution is 6.33. The molecule has 6 unspecified atom stereocenters. The molecule has 6 atom stereocenters. The number of phenolic OH excluding ortho intramolecular Hbond substituents is 1. The highest BCUT2D eigenvalue weighted by Crippen LogP contribution is 2.65. The van der Waals surface area contributed by atoms with Crippen molar-refractivity contribution in [2.24, 2.45) is 23.7 Å². The van der Waals surface area contributed by atoms with Crippen molar-refractivity contribution in [1.29, 1.82) is 0 Å². The van der Waals surface area contributed by atoms with Crippen LogP contribution in [0.1, 0.15) is 35.4 Å². The van der Waals surface area contributed by atoms with Crippen LogP contribution >= 0.6 is 34.8 Å². The van der Waals surface area contributed by atoms with Crippen LogP contribution in [-0.2, 0) is 30.8 Å². The van der Waals surface area contributed by atoms with E-state index in [-0.39, 0.29) is 45.5 Å². The number of rotatable bonds is 9. The molecule has 2 aliphatic carbocycles. The van der Waals surface area contributed by atoms with Gasteiger partial charge in [0, 0.05) is 43.4 Å². The second-order valence-corrected chi connectivity index (χ2v) is 17.0. The van der Waals surface area contributed by atoms with Gasteiger partial charge in [-0.2, -0.15) is 18.2 Å². The number of alkyl halides is 3. The number of aromatic hydroxyl groups is 1. The minimum atomic E-state index is -4.84. The molecular weight excluding hydrogens is 914 g/mol. The minimum absolute atomic E-state index is 0.142. The van der Waals surface area contributed by atoms with Gasteiger partial charge in [-0.05, 0) is 60.2 Å². The molecule has 3 aromatic carbocycles. The Morgan fingerprint density at radius 1 is 0.922 bits per heavy atom. The summed E-state index contributed by atoms with van der Waals surface area (Å²) in [6.45, 7) is 0. The van der Waals surface area contributed by atoms with Crippen LogP contribution in [0.15, 0.2) is 72.4 Å². The van der Waals surface area contributed by atoms with E-state index in [0.29, 0.717) is 27.7 Å². The molecule has 2 aliphatic heterocycles. The van der Waals surface area contributed by atoms with Gasteiger partial charge in [0.2, 0.25) is 11.8 Å². The molecule has 0 bridgehead atoms. The smallest absolute Gasteiger partial charge is 0.417 e. The van der Waals surface area contributed by atoms with Crippen molar-refractivity contribution in [2.45, 2.75) is 30.4 Å². The summed E-state index contributed by atoms with van der Waals surface area (Å²) in [6.07, 6.45) is -3.18. The second kappa shape index (κ2) is 15.6. The molecule has 3 heterocycles. The van der Waals surface area contributed by atoms with Crippen molar-refractivity contribution >= 4 is 87.0 Å². The topological polar surface area (TPSA) is 219 Å². The Morgan fingerprint density at radius 2 is 1.56 bits per heavy atom. The average molecular weight is 945 g/mol. The van der Waals surface area contributed by atoms with Gasteiger partial charge >= 0.3 is 17.6 Å². The Kier molecular flexibility index (Phi) is 10.8. The van der Waals surface area contributed by atoms with Crippen molar-refractivity contribution in [3.63, 3.8) is 0 Å². The molecule has 0 spiro atoms. The minimum Gasteiger partial charge on any atom is -0.503 e. The average Bonchev–Trinajstić information content (AvgIpc) is 3.62. The van der Waals surface area contributed by atoms with Gasteiger partial charge in [-0.25, -0.2) is 9.88 Å². The fourth-order valence-corrected chi connectivity index (χ4v) is 10.3. The van der Waals surface area contributed by atoms with Crippen LogP contribution in [0.5, 0.6) is 11.5 Å². The van der Waals surface area contributed by atoms with E-state index >= 15 is 9.59 Å². The summed E-state index contributed by atoms with van der Waals surface area (Å²) >= 11 is 19.2. The zero-order chi connectivity index (χ0) is 46.5. The van der Waals surface area contributed by atoms with Gasteiger partial charge in [0.15, 0.2) is 23.0 Å². The molecule has 64 heavy (non-hydrogen) atoms. The van der Waals surface area contributed by atoms with Gasteiger partial charge in [-0.3, -0.25) is 44.8 Å². The maximum atomic E-state index is 15.5. The Labute approximate surface area is 374 Å². The lowest BCUT2D eigenvalue weighted by molar-refractivity contribution is -0.392. The number of phenols is 1. The molecule has 4 aromatic rings. The first-order chi connectivity index (χ1) is 30.1. The highest BCUT2D eigenvalue weighted by atomic mass is 35.5. The maximum absolute atomic E-state index is 15.5. The Morgan fingerprint density at radius 3 is 2.12 bits per heavy atom. The predicted molar refractivity (Wildman–Crippen MR) is 223 cm³/mol. The molecule has 0 radical (unpaired) electrons. The molecule has 2 saturated heterocycles. The van der Waals surface area contributed by atoms with Gasteiger partial charge in [0.25, 0.3) is 11.8 Å². The van der Waals surface area contributed by atoms with E-state index in [9.17, 15) is 48.1 Å². The number of pyridine rings is 1. The number of imide groups is 2. The largest absolute Gasteiger partial charge is 0.503 e. The van der Waals surface area contributed by atoms with Crippen LogP contribution in [0.4, 0.5) is 41.7 Å². The van der Waals surface area contributed by atoms with Gasteiger partial charge < -0.3 is 14.7 Å². The fourth-order valence-electron chi connectivity index (χ4n) is 9.78.